The SMILES string of the molecule is C[Si](C)(C)C(=C=O)[Si]C(=C=O)[Si](C)(C)C. The van der Waals surface area contributed by atoms with Crippen molar-refractivity contribution in [2.45, 2.75) is 39.3 Å². The van der Waals surface area contributed by atoms with E-state index in [1.54, 1.807) is 0 Å². The first-order chi connectivity index (χ1) is 6.62. The second kappa shape index (κ2) is 5.05. The van der Waals surface area contributed by atoms with Crippen LogP contribution >= 0.6 is 0 Å². The molecule has 0 bridgehead atoms. The highest BCUT2D eigenvalue weighted by atomic mass is 28.4. The number of rotatable bonds is 4. The Morgan fingerprint density at radius 2 is 1.07 bits per heavy atom. The Morgan fingerprint density at radius 1 is 0.800 bits per heavy atom. The molecular formula is C10H18O2Si3. The Kier molecular flexibility index (Phi) is 4.90. The molecule has 0 amide bonds. The van der Waals surface area contributed by atoms with Crippen molar-refractivity contribution in [3.05, 3.63) is 9.64 Å². The van der Waals surface area contributed by atoms with Gasteiger partial charge in [0, 0.05) is 0 Å². The fourth-order valence-corrected chi connectivity index (χ4v) is 5.95. The molecule has 0 unspecified atom stereocenters. The first kappa shape index (κ1) is 14.6. The van der Waals surface area contributed by atoms with Crippen molar-refractivity contribution in [1.82, 2.24) is 0 Å². The first-order valence-electron chi connectivity index (χ1n) is 4.91. The summed E-state index contributed by atoms with van der Waals surface area (Å²) < 4.78 is 0. The van der Waals surface area contributed by atoms with Crippen LogP contribution in [0.5, 0.6) is 0 Å². The van der Waals surface area contributed by atoms with E-state index in [0.29, 0.717) is 0 Å². The average Bonchev–Trinajstić information content (AvgIpc) is 2.01. The number of hydrogen-bond donors (Lipinski definition) is 0. The molecule has 0 aromatic rings. The summed E-state index contributed by atoms with van der Waals surface area (Å²) in [5, 5.41) is 0. The van der Waals surface area contributed by atoms with E-state index in [9.17, 15) is 9.59 Å². The highest BCUT2D eigenvalue weighted by Gasteiger charge is 2.28. The van der Waals surface area contributed by atoms with E-state index in [1.165, 1.54) is 0 Å². The Morgan fingerprint density at radius 3 is 1.20 bits per heavy atom. The van der Waals surface area contributed by atoms with Gasteiger partial charge < -0.3 is 0 Å². The molecule has 5 heteroatoms. The summed E-state index contributed by atoms with van der Waals surface area (Å²) in [7, 11) is -3.01. The van der Waals surface area contributed by atoms with Gasteiger partial charge in [0.05, 0.1) is 16.1 Å². The van der Waals surface area contributed by atoms with Crippen molar-refractivity contribution >= 4 is 37.6 Å². The Labute approximate surface area is 96.3 Å². The molecule has 15 heavy (non-hydrogen) atoms. The van der Waals surface area contributed by atoms with Gasteiger partial charge in [-0.3, -0.25) is 0 Å². The molecule has 0 saturated heterocycles. The van der Waals surface area contributed by atoms with Gasteiger partial charge >= 0.3 is 0 Å². The molecule has 0 aromatic carbocycles. The predicted molar refractivity (Wildman–Crippen MR) is 70.9 cm³/mol. The Balaban J connectivity index is 5.04. The third kappa shape index (κ3) is 4.73. The maximum atomic E-state index is 10.9. The molecular weight excluding hydrogens is 236 g/mol. The van der Waals surface area contributed by atoms with Crippen molar-refractivity contribution < 1.29 is 9.59 Å². The highest BCUT2D eigenvalue weighted by Crippen LogP contribution is 2.17. The van der Waals surface area contributed by atoms with Crippen molar-refractivity contribution in [3.63, 3.8) is 0 Å². The lowest BCUT2D eigenvalue weighted by atomic mass is 11.2. The van der Waals surface area contributed by atoms with E-state index in [1.807, 2.05) is 11.9 Å². The van der Waals surface area contributed by atoms with Crippen LogP contribution in [0.2, 0.25) is 39.3 Å². The minimum Gasteiger partial charge on any atom is -0.234 e. The van der Waals surface area contributed by atoms with Crippen LogP contribution in [0.3, 0.4) is 0 Å². The van der Waals surface area contributed by atoms with Crippen molar-refractivity contribution in [1.29, 1.82) is 0 Å². The van der Waals surface area contributed by atoms with Gasteiger partial charge in [-0.15, -0.1) is 0 Å². The van der Waals surface area contributed by atoms with Crippen LogP contribution in [0.4, 0.5) is 0 Å². The van der Waals surface area contributed by atoms with Crippen LogP contribution in [0.15, 0.2) is 9.64 Å². The van der Waals surface area contributed by atoms with Crippen LogP contribution < -0.4 is 0 Å². The van der Waals surface area contributed by atoms with Gasteiger partial charge in [0.15, 0.2) is 0 Å². The average molecular weight is 255 g/mol. The van der Waals surface area contributed by atoms with E-state index in [0.717, 1.165) is 9.64 Å². The summed E-state index contributed by atoms with van der Waals surface area (Å²) in [5.74, 6) is 4.08. The third-order valence-electron chi connectivity index (χ3n) is 1.95. The first-order valence-corrected chi connectivity index (χ1v) is 12.9. The van der Waals surface area contributed by atoms with Crippen LogP contribution in [-0.4, -0.2) is 37.6 Å². The van der Waals surface area contributed by atoms with Crippen LogP contribution in [0.1, 0.15) is 0 Å². The number of carbonyl (C=O) groups excluding carboxylic acids is 2. The van der Waals surface area contributed by atoms with Crippen molar-refractivity contribution in [2.75, 3.05) is 0 Å². The van der Waals surface area contributed by atoms with Gasteiger partial charge in [0.1, 0.15) is 21.4 Å². The zero-order chi connectivity index (χ0) is 12.3. The van der Waals surface area contributed by atoms with E-state index < -0.39 is 16.1 Å². The molecule has 0 saturated carbocycles. The van der Waals surface area contributed by atoms with Gasteiger partial charge in [-0.25, -0.2) is 9.59 Å². The van der Waals surface area contributed by atoms with Gasteiger partial charge in [0.25, 0.3) is 0 Å². The second-order valence-corrected chi connectivity index (χ2v) is 17.8. The summed E-state index contributed by atoms with van der Waals surface area (Å²) >= 11 is 0. The molecule has 0 aliphatic carbocycles. The van der Waals surface area contributed by atoms with Crippen molar-refractivity contribution in [2.24, 2.45) is 0 Å². The van der Waals surface area contributed by atoms with E-state index in [2.05, 4.69) is 39.3 Å². The smallest absolute Gasteiger partial charge is 0.129 e. The molecule has 0 atom stereocenters. The van der Waals surface area contributed by atoms with Gasteiger partial charge in [-0.1, -0.05) is 39.3 Å². The monoisotopic (exact) mass is 254 g/mol. The Hall–Kier alpha value is -0.449. The third-order valence-corrected chi connectivity index (χ3v) is 11.1. The molecule has 0 heterocycles. The summed E-state index contributed by atoms with van der Waals surface area (Å²) in [6.07, 6.45) is 0. The van der Waals surface area contributed by atoms with E-state index in [-0.39, 0.29) is 9.52 Å². The summed E-state index contributed by atoms with van der Waals surface area (Å²) in [6.45, 7) is 12.6. The van der Waals surface area contributed by atoms with Gasteiger partial charge in [-0.2, -0.15) is 0 Å². The zero-order valence-electron chi connectivity index (χ0n) is 10.3. The standard InChI is InChI=1S/C10H18O2Si3/c1-14(2,3)9(7-11)13-10(8-12)15(4,5)6/h1-6H3. The fourth-order valence-electron chi connectivity index (χ4n) is 0.857. The quantitative estimate of drug-likeness (QED) is 0.567. The second-order valence-electron chi connectivity index (χ2n) is 5.58. The minimum absolute atomic E-state index is 0.227. The molecule has 82 valence electrons. The fraction of sp³-hybridized carbons (Fsp3) is 0.600. The highest BCUT2D eigenvalue weighted by molar-refractivity contribution is 7.04. The Bertz CT molecular complexity index is 301. The maximum Gasteiger partial charge on any atom is 0.129 e. The zero-order valence-corrected chi connectivity index (χ0v) is 13.3. The number of hydrogen-bond acceptors (Lipinski definition) is 2. The summed E-state index contributed by atoms with van der Waals surface area (Å²) in [5.41, 5.74) is 0. The molecule has 2 nitrogen and oxygen atoms in total. The lowest BCUT2D eigenvalue weighted by Gasteiger charge is -2.21. The molecule has 0 spiro atoms. The molecule has 0 N–H and O–H groups in total. The molecule has 2 radical (unpaired) electrons. The van der Waals surface area contributed by atoms with Crippen molar-refractivity contribution in [3.8, 4) is 0 Å². The topological polar surface area (TPSA) is 34.1 Å². The lowest BCUT2D eigenvalue weighted by Crippen LogP contribution is -2.36. The molecule has 0 aliphatic rings. The minimum atomic E-state index is -1.62. The van der Waals surface area contributed by atoms with E-state index in [4.69, 9.17) is 0 Å². The molecule has 0 aromatic heterocycles. The largest absolute Gasteiger partial charge is 0.234 e. The van der Waals surface area contributed by atoms with Gasteiger partial charge in [0.2, 0.25) is 0 Å². The summed E-state index contributed by atoms with van der Waals surface area (Å²) in [4.78, 5) is 23.4. The van der Waals surface area contributed by atoms with Crippen LogP contribution in [0.25, 0.3) is 0 Å². The predicted octanol–water partition coefficient (Wildman–Crippen LogP) is 1.88. The molecule has 0 rings (SSSR count). The molecule has 0 fully saturated rings. The normalized spacial score (nSPS) is 11.6. The van der Waals surface area contributed by atoms with E-state index >= 15 is 0 Å². The maximum absolute atomic E-state index is 10.9. The summed E-state index contributed by atoms with van der Waals surface area (Å²) in [6, 6.07) is 0. The van der Waals surface area contributed by atoms with Crippen LogP contribution in [0, 0.1) is 0 Å². The van der Waals surface area contributed by atoms with Gasteiger partial charge in [-0.05, 0) is 9.64 Å². The van der Waals surface area contributed by atoms with Crippen LogP contribution in [-0.2, 0) is 9.59 Å². The lowest BCUT2D eigenvalue weighted by molar-refractivity contribution is 0.568. The molecule has 0 aliphatic heterocycles.